The van der Waals surface area contributed by atoms with Crippen molar-refractivity contribution in [3.05, 3.63) is 0 Å². The van der Waals surface area contributed by atoms with E-state index in [1.165, 1.54) is 13.8 Å². The van der Waals surface area contributed by atoms with Gasteiger partial charge in [-0.05, 0) is 0 Å². The number of rotatable bonds is 2. The molecule has 0 saturated heterocycles. The Morgan fingerprint density at radius 3 is 2.38 bits per heavy atom. The monoisotopic (exact) mass is 135 g/mol. The van der Waals surface area contributed by atoms with E-state index in [9.17, 15) is 9.36 Å². The summed E-state index contributed by atoms with van der Waals surface area (Å²) < 4.78 is 14.5. The predicted octanol–water partition coefficient (Wildman–Crippen LogP) is 0.617. The minimum Gasteiger partial charge on any atom is -0.466 e. The van der Waals surface area contributed by atoms with Crippen molar-refractivity contribution in [1.29, 1.82) is 0 Å². The zero-order valence-corrected chi connectivity index (χ0v) is 5.77. The largest absolute Gasteiger partial charge is 0.466 e. The van der Waals surface area contributed by atoms with E-state index in [1.807, 2.05) is 0 Å². The van der Waals surface area contributed by atoms with Crippen LogP contribution in [-0.4, -0.2) is 25.9 Å². The van der Waals surface area contributed by atoms with Crippen molar-refractivity contribution < 1.29 is 14.1 Å². The van der Waals surface area contributed by atoms with Crippen molar-refractivity contribution in [1.82, 2.24) is 0 Å². The van der Waals surface area contributed by atoms with Crippen LogP contribution in [-0.2, 0) is 14.1 Å². The lowest BCUT2D eigenvalue weighted by Gasteiger charge is -1.85. The van der Waals surface area contributed by atoms with Crippen LogP contribution in [0.4, 0.5) is 0 Å². The van der Waals surface area contributed by atoms with Gasteiger partial charge >= 0.3 is 13.8 Å². The molecule has 46 valence electrons. The lowest BCUT2D eigenvalue weighted by Crippen LogP contribution is -2.02. The lowest BCUT2D eigenvalue weighted by molar-refractivity contribution is -0.137. The van der Waals surface area contributed by atoms with E-state index in [-0.39, 0.29) is 6.16 Å². The molecule has 3 nitrogen and oxygen atoms in total. The summed E-state index contributed by atoms with van der Waals surface area (Å²) >= 11 is 0. The Bertz CT molecular complexity index is 110. The molecule has 0 radical (unpaired) electrons. The standard InChI is InChI=1S/C4H8O3P/c1-7-4(5)3-8(2)6/h3H2,1-2H3/q+1. The van der Waals surface area contributed by atoms with Gasteiger partial charge in [-0.25, -0.2) is 4.79 Å². The zero-order valence-electron chi connectivity index (χ0n) is 4.88. The van der Waals surface area contributed by atoms with Crippen molar-refractivity contribution in [3.8, 4) is 0 Å². The van der Waals surface area contributed by atoms with Crippen LogP contribution < -0.4 is 0 Å². The highest BCUT2D eigenvalue weighted by atomic mass is 31.1. The summed E-state index contributed by atoms with van der Waals surface area (Å²) in [6.45, 7) is 1.49. The van der Waals surface area contributed by atoms with Crippen LogP contribution >= 0.6 is 7.80 Å². The Kier molecular flexibility index (Phi) is 3.37. The highest BCUT2D eigenvalue weighted by molar-refractivity contribution is 7.44. The molecule has 0 aliphatic heterocycles. The highest BCUT2D eigenvalue weighted by Gasteiger charge is 2.13. The number of hydrogen-bond acceptors (Lipinski definition) is 3. The Morgan fingerprint density at radius 1 is 1.75 bits per heavy atom. The quantitative estimate of drug-likeness (QED) is 0.411. The summed E-state index contributed by atoms with van der Waals surface area (Å²) in [5, 5.41) is 0. The molecule has 0 fully saturated rings. The number of carbonyl (C=O) groups is 1. The maximum atomic E-state index is 10.3. The molecule has 8 heavy (non-hydrogen) atoms. The molecule has 0 heterocycles. The topological polar surface area (TPSA) is 43.4 Å². The molecule has 0 bridgehead atoms. The van der Waals surface area contributed by atoms with E-state index in [2.05, 4.69) is 4.74 Å². The maximum absolute atomic E-state index is 10.3. The Labute approximate surface area is 48.8 Å². The van der Waals surface area contributed by atoms with Crippen LogP contribution in [0.25, 0.3) is 0 Å². The van der Waals surface area contributed by atoms with E-state index in [4.69, 9.17) is 0 Å². The zero-order chi connectivity index (χ0) is 6.57. The molecule has 0 aromatic heterocycles. The second-order valence-electron chi connectivity index (χ2n) is 1.36. The number of ether oxygens (including phenoxy) is 1. The smallest absolute Gasteiger partial charge is 0.354 e. The first kappa shape index (κ1) is 7.57. The average molecular weight is 135 g/mol. The van der Waals surface area contributed by atoms with Crippen LogP contribution in [0.1, 0.15) is 0 Å². The fourth-order valence-electron chi connectivity index (χ4n) is 0.246. The van der Waals surface area contributed by atoms with Crippen molar-refractivity contribution in [2.75, 3.05) is 19.9 Å². The number of hydrogen-bond donors (Lipinski definition) is 0. The summed E-state index contributed by atoms with van der Waals surface area (Å²) in [5.41, 5.74) is 0. The molecule has 4 heteroatoms. The minimum atomic E-state index is -1.37. The third-order valence-corrected chi connectivity index (χ3v) is 1.28. The van der Waals surface area contributed by atoms with Crippen molar-refractivity contribution in [2.24, 2.45) is 0 Å². The first-order valence-electron chi connectivity index (χ1n) is 2.12. The SMILES string of the molecule is COC(=O)C[P+](C)=O. The normalized spacial score (nSPS) is 10.5. The molecular weight excluding hydrogens is 127 g/mol. The van der Waals surface area contributed by atoms with Gasteiger partial charge < -0.3 is 4.74 Å². The minimum absolute atomic E-state index is 0.0336. The van der Waals surface area contributed by atoms with Gasteiger partial charge in [0.05, 0.1) is 7.11 Å². The Hall–Kier alpha value is -0.430. The number of methoxy groups -OCH3 is 1. The van der Waals surface area contributed by atoms with Gasteiger partial charge in [-0.15, -0.1) is 0 Å². The van der Waals surface area contributed by atoms with Crippen LogP contribution in [0.3, 0.4) is 0 Å². The highest BCUT2D eigenvalue weighted by Crippen LogP contribution is 2.11. The van der Waals surface area contributed by atoms with Gasteiger partial charge in [-0.3, -0.25) is 0 Å². The summed E-state index contributed by atoms with van der Waals surface area (Å²) in [6, 6.07) is 0. The molecular formula is C4H8O3P+. The second kappa shape index (κ2) is 3.56. The molecule has 0 rings (SSSR count). The molecule has 0 N–H and O–H groups in total. The number of esters is 1. The molecule has 0 saturated carbocycles. The van der Waals surface area contributed by atoms with Gasteiger partial charge in [0.15, 0.2) is 0 Å². The third kappa shape index (κ3) is 3.75. The van der Waals surface area contributed by atoms with Gasteiger partial charge in [0, 0.05) is 0 Å². The van der Waals surface area contributed by atoms with E-state index in [1.54, 1.807) is 0 Å². The van der Waals surface area contributed by atoms with Crippen molar-refractivity contribution >= 4 is 13.8 Å². The molecule has 0 aromatic rings. The summed E-state index contributed by atoms with van der Waals surface area (Å²) in [5.74, 6) is -0.409. The molecule has 0 aliphatic rings. The molecule has 1 unspecified atom stereocenters. The fourth-order valence-corrected chi connectivity index (χ4v) is 0.739. The summed E-state index contributed by atoms with van der Waals surface area (Å²) in [7, 11) is -0.0913. The predicted molar refractivity (Wildman–Crippen MR) is 30.4 cm³/mol. The van der Waals surface area contributed by atoms with E-state index < -0.39 is 13.8 Å². The fraction of sp³-hybridized carbons (Fsp3) is 0.750. The molecule has 0 spiro atoms. The van der Waals surface area contributed by atoms with Gasteiger partial charge in [0.25, 0.3) is 0 Å². The molecule has 0 aliphatic carbocycles. The van der Waals surface area contributed by atoms with Gasteiger partial charge in [-0.1, -0.05) is 4.57 Å². The van der Waals surface area contributed by atoms with Crippen LogP contribution in [0.2, 0.25) is 0 Å². The van der Waals surface area contributed by atoms with Gasteiger partial charge in [0.2, 0.25) is 6.16 Å². The van der Waals surface area contributed by atoms with Gasteiger partial charge in [-0.2, -0.15) is 0 Å². The maximum Gasteiger partial charge on any atom is 0.354 e. The van der Waals surface area contributed by atoms with E-state index >= 15 is 0 Å². The lowest BCUT2D eigenvalue weighted by atomic mass is 10.8. The Balaban J connectivity index is 3.40. The first-order chi connectivity index (χ1) is 3.66. The van der Waals surface area contributed by atoms with Crippen molar-refractivity contribution in [3.63, 3.8) is 0 Å². The van der Waals surface area contributed by atoms with E-state index in [0.717, 1.165) is 0 Å². The first-order valence-corrected chi connectivity index (χ1v) is 4.01. The molecule has 0 aromatic carbocycles. The summed E-state index contributed by atoms with van der Waals surface area (Å²) in [4.78, 5) is 10.2. The Morgan fingerprint density at radius 2 is 2.25 bits per heavy atom. The molecule has 1 atom stereocenters. The van der Waals surface area contributed by atoms with Crippen LogP contribution in [0.15, 0.2) is 0 Å². The molecule has 0 amide bonds. The van der Waals surface area contributed by atoms with Gasteiger partial charge in [0.1, 0.15) is 6.66 Å². The van der Waals surface area contributed by atoms with Crippen molar-refractivity contribution in [2.45, 2.75) is 0 Å². The van der Waals surface area contributed by atoms with E-state index in [0.29, 0.717) is 0 Å². The third-order valence-electron chi connectivity index (χ3n) is 0.579. The summed E-state index contributed by atoms with van der Waals surface area (Å²) in [6.07, 6.45) is 0.0336. The number of carbonyl (C=O) groups excluding carboxylic acids is 1. The van der Waals surface area contributed by atoms with Crippen LogP contribution in [0, 0.1) is 0 Å². The average Bonchev–Trinajstić information content (AvgIpc) is 1.65. The van der Waals surface area contributed by atoms with Crippen LogP contribution in [0.5, 0.6) is 0 Å². The second-order valence-corrected chi connectivity index (χ2v) is 2.93.